The van der Waals surface area contributed by atoms with E-state index in [1.54, 1.807) is 13.2 Å². The van der Waals surface area contributed by atoms with Gasteiger partial charge >= 0.3 is 6.36 Å². The van der Waals surface area contributed by atoms with E-state index in [1.807, 2.05) is 0 Å². The summed E-state index contributed by atoms with van der Waals surface area (Å²) in [6, 6.07) is 5.50. The minimum atomic E-state index is -4.82. The fraction of sp³-hybridized carbons (Fsp3) is 0.250. The second-order valence-electron chi connectivity index (χ2n) is 5.71. The summed E-state index contributed by atoms with van der Waals surface area (Å²) in [5.74, 6) is 0.213. The van der Waals surface area contributed by atoms with E-state index in [-0.39, 0.29) is 5.69 Å². The van der Waals surface area contributed by atoms with E-state index in [4.69, 9.17) is 16.2 Å². The highest BCUT2D eigenvalue weighted by molar-refractivity contribution is 5.74. The van der Waals surface area contributed by atoms with Crippen molar-refractivity contribution in [3.8, 4) is 5.75 Å². The number of rotatable bonds is 7. The van der Waals surface area contributed by atoms with Crippen LogP contribution in [0.4, 0.5) is 41.9 Å². The fourth-order valence-corrected chi connectivity index (χ4v) is 2.46. The lowest BCUT2D eigenvalue weighted by Crippen LogP contribution is -2.18. The normalized spacial score (nSPS) is 11.6. The van der Waals surface area contributed by atoms with Crippen molar-refractivity contribution in [3.05, 3.63) is 30.5 Å². The number of hydrogen-bond acceptors (Lipinski definition) is 8. The third-order valence-electron chi connectivity index (χ3n) is 3.62. The second-order valence-corrected chi connectivity index (χ2v) is 5.71. The third kappa shape index (κ3) is 4.46. The lowest BCUT2D eigenvalue weighted by atomic mass is 10.2. The minimum Gasteiger partial charge on any atom is -0.404 e. The number of nitrogens with zero attached hydrogens (tertiary/aromatic N) is 3. The Labute approximate surface area is 157 Å². The van der Waals surface area contributed by atoms with E-state index >= 15 is 0 Å². The van der Waals surface area contributed by atoms with Crippen LogP contribution in [0.1, 0.15) is 0 Å². The Morgan fingerprint density at radius 1 is 1.21 bits per heavy atom. The molecule has 0 bridgehead atoms. The third-order valence-corrected chi connectivity index (χ3v) is 3.62. The number of methoxy groups -OCH3 is 1. The number of anilines is 5. The van der Waals surface area contributed by atoms with Crippen LogP contribution in [0.15, 0.2) is 30.5 Å². The van der Waals surface area contributed by atoms with Crippen molar-refractivity contribution in [3.63, 3.8) is 0 Å². The highest BCUT2D eigenvalue weighted by atomic mass is 19.4. The summed E-state index contributed by atoms with van der Waals surface area (Å²) < 4.78 is 47.4. The standard InChI is InChI=1S/C16H18F3N7O2/c1-27-5-4-22-11-7-14(25-26-13(21)8-23-15(11)26)24-9-2-3-12(10(20)6-9)28-16(17,18)19/h2-3,6-8,22H,4-5,20-21H2,1H3,(H,24,25). The van der Waals surface area contributed by atoms with Gasteiger partial charge in [0.2, 0.25) is 0 Å². The minimum absolute atomic E-state index is 0.177. The van der Waals surface area contributed by atoms with Crippen LogP contribution in [0.25, 0.3) is 5.65 Å². The van der Waals surface area contributed by atoms with Crippen molar-refractivity contribution in [1.29, 1.82) is 0 Å². The Bertz CT molecular complexity index is 975. The highest BCUT2D eigenvalue weighted by Gasteiger charge is 2.31. The zero-order valence-corrected chi connectivity index (χ0v) is 14.7. The Balaban J connectivity index is 1.87. The number of nitrogens with two attached hydrogens (primary N) is 2. The molecular formula is C16H18F3N7O2. The van der Waals surface area contributed by atoms with E-state index in [0.717, 1.165) is 6.07 Å². The molecule has 3 rings (SSSR count). The van der Waals surface area contributed by atoms with Gasteiger partial charge in [-0.05, 0) is 18.2 Å². The first-order chi connectivity index (χ1) is 13.3. The second kappa shape index (κ2) is 7.68. The maximum absolute atomic E-state index is 12.4. The topological polar surface area (TPSA) is 125 Å². The maximum Gasteiger partial charge on any atom is 0.573 e. The predicted octanol–water partition coefficient (Wildman–Crippen LogP) is 2.59. The van der Waals surface area contributed by atoms with Crippen LogP contribution in [0.5, 0.6) is 5.75 Å². The van der Waals surface area contributed by atoms with E-state index in [1.165, 1.54) is 22.8 Å². The smallest absolute Gasteiger partial charge is 0.404 e. The maximum atomic E-state index is 12.4. The largest absolute Gasteiger partial charge is 0.573 e. The van der Waals surface area contributed by atoms with Gasteiger partial charge in [0.1, 0.15) is 5.82 Å². The van der Waals surface area contributed by atoms with Gasteiger partial charge < -0.3 is 31.6 Å². The SMILES string of the molecule is COCCNc1cc(Nc2ccc(OC(F)(F)F)c(N)c2)nn2c(N)cnc12. The molecule has 0 atom stereocenters. The molecule has 0 fully saturated rings. The summed E-state index contributed by atoms with van der Waals surface area (Å²) in [7, 11) is 1.58. The summed E-state index contributed by atoms with van der Waals surface area (Å²) in [6.07, 6.45) is -3.35. The Morgan fingerprint density at radius 2 is 2.00 bits per heavy atom. The summed E-state index contributed by atoms with van der Waals surface area (Å²) in [4.78, 5) is 4.21. The lowest BCUT2D eigenvalue weighted by Gasteiger charge is -2.14. The van der Waals surface area contributed by atoms with Crippen LogP contribution >= 0.6 is 0 Å². The summed E-state index contributed by atoms with van der Waals surface area (Å²) in [5.41, 5.74) is 12.9. The van der Waals surface area contributed by atoms with Gasteiger partial charge in [-0.25, -0.2) is 4.98 Å². The molecule has 2 heterocycles. The quantitative estimate of drug-likeness (QED) is 0.354. The van der Waals surface area contributed by atoms with E-state index in [0.29, 0.717) is 41.8 Å². The molecular weight excluding hydrogens is 379 g/mol. The number of nitrogens with one attached hydrogen (secondary N) is 2. The van der Waals surface area contributed by atoms with Gasteiger partial charge in [0.25, 0.3) is 0 Å². The van der Waals surface area contributed by atoms with Gasteiger partial charge in [-0.3, -0.25) is 0 Å². The Hall–Kier alpha value is -3.41. The Kier molecular flexibility index (Phi) is 5.31. The summed E-state index contributed by atoms with van der Waals surface area (Å²) >= 11 is 0. The van der Waals surface area contributed by atoms with Gasteiger partial charge in [0.05, 0.1) is 24.2 Å². The number of alkyl halides is 3. The molecule has 3 aromatic rings. The van der Waals surface area contributed by atoms with Crippen molar-refractivity contribution in [2.24, 2.45) is 0 Å². The number of fused-ring (bicyclic) bond motifs is 1. The molecule has 0 saturated heterocycles. The first-order valence-electron chi connectivity index (χ1n) is 8.06. The average Bonchev–Trinajstić information content (AvgIpc) is 2.98. The van der Waals surface area contributed by atoms with Crippen LogP contribution in [-0.2, 0) is 4.74 Å². The van der Waals surface area contributed by atoms with E-state index in [9.17, 15) is 13.2 Å². The number of nitrogen functional groups attached to an aromatic ring is 2. The number of aromatic nitrogens is 3. The molecule has 0 radical (unpaired) electrons. The van der Waals surface area contributed by atoms with Crippen molar-refractivity contribution >= 4 is 34.3 Å². The van der Waals surface area contributed by atoms with E-state index < -0.39 is 12.1 Å². The van der Waals surface area contributed by atoms with Crippen molar-refractivity contribution in [1.82, 2.24) is 14.6 Å². The van der Waals surface area contributed by atoms with Gasteiger partial charge in [-0.15, -0.1) is 18.3 Å². The van der Waals surface area contributed by atoms with Gasteiger partial charge in [0.15, 0.2) is 17.2 Å². The van der Waals surface area contributed by atoms with Crippen molar-refractivity contribution in [2.45, 2.75) is 6.36 Å². The first-order valence-corrected chi connectivity index (χ1v) is 8.06. The molecule has 9 nitrogen and oxygen atoms in total. The van der Waals surface area contributed by atoms with Crippen molar-refractivity contribution in [2.75, 3.05) is 42.4 Å². The number of imidazole rings is 1. The van der Waals surface area contributed by atoms with E-state index in [2.05, 4.69) is 25.5 Å². The molecule has 0 aliphatic heterocycles. The van der Waals surface area contributed by atoms with Crippen LogP contribution in [0.3, 0.4) is 0 Å². The highest BCUT2D eigenvalue weighted by Crippen LogP contribution is 2.31. The molecule has 2 aromatic heterocycles. The number of benzene rings is 1. The average molecular weight is 397 g/mol. The Morgan fingerprint density at radius 3 is 2.68 bits per heavy atom. The van der Waals surface area contributed by atoms with Gasteiger partial charge in [-0.2, -0.15) is 4.52 Å². The lowest BCUT2D eigenvalue weighted by molar-refractivity contribution is -0.274. The summed E-state index contributed by atoms with van der Waals surface area (Å²) in [5, 5.41) is 10.5. The van der Waals surface area contributed by atoms with Crippen LogP contribution in [0, 0.1) is 0 Å². The molecule has 0 aliphatic carbocycles. The molecule has 0 spiro atoms. The predicted molar refractivity (Wildman–Crippen MR) is 98.6 cm³/mol. The van der Waals surface area contributed by atoms with Crippen molar-refractivity contribution < 1.29 is 22.6 Å². The molecule has 28 heavy (non-hydrogen) atoms. The number of halogens is 3. The number of ether oxygens (including phenoxy) is 2. The molecule has 1 aromatic carbocycles. The molecule has 0 aliphatic rings. The molecule has 6 N–H and O–H groups in total. The van der Waals surface area contributed by atoms with Crippen LogP contribution in [-0.4, -0.2) is 41.2 Å². The fourth-order valence-electron chi connectivity index (χ4n) is 2.46. The van der Waals surface area contributed by atoms with Gasteiger partial charge in [0, 0.05) is 25.4 Å². The molecule has 0 amide bonds. The monoisotopic (exact) mass is 397 g/mol. The molecule has 150 valence electrons. The zero-order valence-electron chi connectivity index (χ0n) is 14.7. The zero-order chi connectivity index (χ0) is 20.3. The van der Waals surface area contributed by atoms with Gasteiger partial charge in [-0.1, -0.05) is 0 Å². The first kappa shape index (κ1) is 19.4. The number of hydrogen-bond donors (Lipinski definition) is 4. The molecule has 0 saturated carbocycles. The molecule has 0 unspecified atom stereocenters. The van der Waals surface area contributed by atoms with Crippen LogP contribution < -0.4 is 26.8 Å². The molecule has 12 heteroatoms. The summed E-state index contributed by atoms with van der Waals surface area (Å²) in [6.45, 7) is 1.00. The van der Waals surface area contributed by atoms with Crippen LogP contribution in [0.2, 0.25) is 0 Å².